The lowest BCUT2D eigenvalue weighted by Gasteiger charge is -2.31. The number of benzene rings is 1. The van der Waals surface area contributed by atoms with Crippen molar-refractivity contribution in [2.45, 2.75) is 38.9 Å². The second-order valence-corrected chi connectivity index (χ2v) is 6.30. The van der Waals surface area contributed by atoms with Gasteiger partial charge in [0.15, 0.2) is 0 Å². The Labute approximate surface area is 137 Å². The summed E-state index contributed by atoms with van der Waals surface area (Å²) in [6.07, 6.45) is 1.88. The quantitative estimate of drug-likeness (QED) is 0.704. The van der Waals surface area contributed by atoms with Crippen molar-refractivity contribution < 1.29 is 9.59 Å². The lowest BCUT2D eigenvalue weighted by Crippen LogP contribution is -2.40. The third-order valence-electron chi connectivity index (χ3n) is 4.19. The molecule has 0 aromatic heterocycles. The lowest BCUT2D eigenvalue weighted by molar-refractivity contribution is -0.123. The van der Waals surface area contributed by atoms with Gasteiger partial charge >= 0.3 is 0 Å². The largest absolute Gasteiger partial charge is 0.369 e. The molecule has 2 rings (SSSR count). The number of nitrogens with one attached hydrogen (secondary N) is 1. The first-order valence-electron chi connectivity index (χ1n) is 8.08. The number of carbonyl (C=O) groups is 2. The fraction of sp³-hybridized carbons (Fsp3) is 0.529. The van der Waals surface area contributed by atoms with Gasteiger partial charge < -0.3 is 16.8 Å². The highest BCUT2D eigenvalue weighted by molar-refractivity contribution is 5.80. The molecule has 1 saturated heterocycles. The highest BCUT2D eigenvalue weighted by Crippen LogP contribution is 2.18. The number of hydrogen-bond acceptors (Lipinski definition) is 4. The van der Waals surface area contributed by atoms with Crippen LogP contribution >= 0.6 is 0 Å². The van der Waals surface area contributed by atoms with Gasteiger partial charge in [-0.2, -0.15) is 0 Å². The van der Waals surface area contributed by atoms with Crippen molar-refractivity contribution in [2.24, 2.45) is 17.4 Å². The first-order valence-corrected chi connectivity index (χ1v) is 8.08. The van der Waals surface area contributed by atoms with E-state index in [1.165, 1.54) is 5.56 Å². The number of amides is 2. The predicted octanol–water partition coefficient (Wildman–Crippen LogP) is 0.347. The fourth-order valence-corrected chi connectivity index (χ4v) is 2.88. The number of hydrogen-bond donors (Lipinski definition) is 3. The smallest absolute Gasteiger partial charge is 0.236 e. The van der Waals surface area contributed by atoms with Crippen LogP contribution < -0.4 is 16.8 Å². The molecule has 1 heterocycles. The van der Waals surface area contributed by atoms with E-state index in [2.05, 4.69) is 22.3 Å². The summed E-state index contributed by atoms with van der Waals surface area (Å²) in [5, 5.41) is 2.81. The Morgan fingerprint density at radius 3 is 2.83 bits per heavy atom. The molecule has 2 unspecified atom stereocenters. The highest BCUT2D eigenvalue weighted by atomic mass is 16.2. The number of nitrogens with zero attached hydrogens (tertiary/aromatic N) is 1. The topological polar surface area (TPSA) is 101 Å². The number of nitrogens with two attached hydrogens (primary N) is 2. The maximum Gasteiger partial charge on any atom is 0.236 e. The van der Waals surface area contributed by atoms with Crippen molar-refractivity contribution in [3.05, 3.63) is 35.4 Å². The van der Waals surface area contributed by atoms with Crippen LogP contribution in [0, 0.1) is 5.92 Å². The molecule has 1 aromatic carbocycles. The second kappa shape index (κ2) is 8.08. The van der Waals surface area contributed by atoms with Crippen LogP contribution in [0.5, 0.6) is 0 Å². The lowest BCUT2D eigenvalue weighted by atomic mass is 9.97. The Hall–Kier alpha value is -1.92. The van der Waals surface area contributed by atoms with Gasteiger partial charge in [-0.05, 0) is 37.4 Å². The third kappa shape index (κ3) is 5.33. The molecule has 126 valence electrons. The van der Waals surface area contributed by atoms with Crippen LogP contribution in [0.2, 0.25) is 0 Å². The maximum absolute atomic E-state index is 11.5. The number of carbonyl (C=O) groups excluding carboxylic acids is 2. The van der Waals surface area contributed by atoms with Crippen LogP contribution in [-0.2, 0) is 22.7 Å². The van der Waals surface area contributed by atoms with E-state index in [9.17, 15) is 9.59 Å². The van der Waals surface area contributed by atoms with Gasteiger partial charge in [-0.15, -0.1) is 0 Å². The zero-order valence-corrected chi connectivity index (χ0v) is 13.6. The molecule has 0 aliphatic carbocycles. The van der Waals surface area contributed by atoms with Gasteiger partial charge in [0.25, 0.3) is 0 Å². The van der Waals surface area contributed by atoms with Crippen LogP contribution in [0.25, 0.3) is 0 Å². The van der Waals surface area contributed by atoms with Crippen LogP contribution in [0.3, 0.4) is 0 Å². The Balaban J connectivity index is 1.92. The number of rotatable bonds is 6. The van der Waals surface area contributed by atoms with Gasteiger partial charge in [-0.25, -0.2) is 0 Å². The Kier molecular flexibility index (Phi) is 6.12. The Morgan fingerprint density at radius 1 is 1.39 bits per heavy atom. The van der Waals surface area contributed by atoms with Gasteiger partial charge in [-0.3, -0.25) is 14.5 Å². The summed E-state index contributed by atoms with van der Waals surface area (Å²) in [6, 6.07) is 7.60. The molecule has 1 aliphatic heterocycles. The first-order chi connectivity index (χ1) is 11.0. The molecule has 0 radical (unpaired) electrons. The zero-order valence-electron chi connectivity index (χ0n) is 13.6. The molecule has 1 fully saturated rings. The molecular formula is C17H26N4O2. The summed E-state index contributed by atoms with van der Waals surface area (Å²) in [5.74, 6) is -0.407. The molecule has 23 heavy (non-hydrogen) atoms. The van der Waals surface area contributed by atoms with Crippen molar-refractivity contribution in [3.8, 4) is 0 Å². The third-order valence-corrected chi connectivity index (χ3v) is 4.19. The van der Waals surface area contributed by atoms with E-state index < -0.39 is 6.04 Å². The summed E-state index contributed by atoms with van der Waals surface area (Å²) in [4.78, 5) is 25.1. The molecule has 0 bridgehead atoms. The van der Waals surface area contributed by atoms with E-state index in [0.717, 1.165) is 38.0 Å². The average molecular weight is 318 g/mol. The summed E-state index contributed by atoms with van der Waals surface area (Å²) in [5.41, 5.74) is 13.2. The summed E-state index contributed by atoms with van der Waals surface area (Å²) in [7, 11) is 0. The standard InChI is InChI=1S/C17H26N4O2/c1-12(18)17(23)20-9-13-4-2-5-14(8-13)10-21-7-3-6-15(11-21)16(19)22/h2,4-5,8,12,15H,3,6-7,9-11,18H2,1H3,(H2,19,22)(H,20,23). The summed E-state index contributed by atoms with van der Waals surface area (Å²) >= 11 is 0. The minimum absolute atomic E-state index is 0.0442. The number of primary amides is 1. The Bertz CT molecular complexity index is 559. The number of likely N-dealkylation sites (tertiary alicyclic amines) is 1. The molecule has 2 atom stereocenters. The summed E-state index contributed by atoms with van der Waals surface area (Å²) in [6.45, 7) is 4.63. The number of piperidine rings is 1. The van der Waals surface area contributed by atoms with Crippen molar-refractivity contribution in [2.75, 3.05) is 13.1 Å². The van der Waals surface area contributed by atoms with Gasteiger partial charge in [0.2, 0.25) is 11.8 Å². The monoisotopic (exact) mass is 318 g/mol. The van der Waals surface area contributed by atoms with Gasteiger partial charge in [0, 0.05) is 19.6 Å². The van der Waals surface area contributed by atoms with Crippen LogP contribution in [-0.4, -0.2) is 35.8 Å². The van der Waals surface area contributed by atoms with Crippen LogP contribution in [0.4, 0.5) is 0 Å². The van der Waals surface area contributed by atoms with E-state index in [0.29, 0.717) is 6.54 Å². The molecule has 2 amide bonds. The molecule has 1 aliphatic rings. The van der Waals surface area contributed by atoms with Crippen LogP contribution in [0.1, 0.15) is 30.9 Å². The molecule has 0 saturated carbocycles. The minimum Gasteiger partial charge on any atom is -0.369 e. The molecule has 1 aromatic rings. The van der Waals surface area contributed by atoms with Gasteiger partial charge in [0.05, 0.1) is 12.0 Å². The van der Waals surface area contributed by atoms with E-state index >= 15 is 0 Å². The predicted molar refractivity (Wildman–Crippen MR) is 89.1 cm³/mol. The van der Waals surface area contributed by atoms with Crippen molar-refractivity contribution in [1.82, 2.24) is 10.2 Å². The fourth-order valence-electron chi connectivity index (χ4n) is 2.88. The van der Waals surface area contributed by atoms with E-state index in [4.69, 9.17) is 11.5 Å². The molecule has 0 spiro atoms. The van der Waals surface area contributed by atoms with E-state index in [-0.39, 0.29) is 17.7 Å². The summed E-state index contributed by atoms with van der Waals surface area (Å²) < 4.78 is 0. The molecular weight excluding hydrogens is 292 g/mol. The maximum atomic E-state index is 11.5. The average Bonchev–Trinajstić information content (AvgIpc) is 2.53. The van der Waals surface area contributed by atoms with Gasteiger partial charge in [0.1, 0.15) is 0 Å². The van der Waals surface area contributed by atoms with Crippen molar-refractivity contribution in [1.29, 1.82) is 0 Å². The van der Waals surface area contributed by atoms with E-state index in [1.54, 1.807) is 6.92 Å². The minimum atomic E-state index is -0.503. The SMILES string of the molecule is CC(N)C(=O)NCc1cccc(CN2CCCC(C(N)=O)C2)c1. The Morgan fingerprint density at radius 2 is 2.13 bits per heavy atom. The first kappa shape index (κ1) is 17.4. The molecule has 6 heteroatoms. The van der Waals surface area contributed by atoms with Crippen LogP contribution in [0.15, 0.2) is 24.3 Å². The van der Waals surface area contributed by atoms with E-state index in [1.807, 2.05) is 12.1 Å². The van der Waals surface area contributed by atoms with Crippen molar-refractivity contribution in [3.63, 3.8) is 0 Å². The van der Waals surface area contributed by atoms with Crippen molar-refractivity contribution >= 4 is 11.8 Å². The zero-order chi connectivity index (χ0) is 16.8. The molecule has 5 N–H and O–H groups in total. The normalized spacial score (nSPS) is 20.0. The van der Waals surface area contributed by atoms with Gasteiger partial charge in [-0.1, -0.05) is 24.3 Å². The highest BCUT2D eigenvalue weighted by Gasteiger charge is 2.23. The second-order valence-electron chi connectivity index (χ2n) is 6.30. The molecule has 6 nitrogen and oxygen atoms in total.